The van der Waals surface area contributed by atoms with E-state index in [9.17, 15) is 8.42 Å². The van der Waals surface area contributed by atoms with Crippen LogP contribution in [-0.2, 0) is 16.4 Å². The lowest BCUT2D eigenvalue weighted by Gasteiger charge is -2.03. The fourth-order valence-electron chi connectivity index (χ4n) is 1.59. The lowest BCUT2D eigenvalue weighted by atomic mass is 10.2. The summed E-state index contributed by atoms with van der Waals surface area (Å²) in [4.78, 5) is 0.223. The van der Waals surface area contributed by atoms with Gasteiger partial charge in [0.25, 0.3) is 10.0 Å². The summed E-state index contributed by atoms with van der Waals surface area (Å²) >= 11 is 0. The van der Waals surface area contributed by atoms with Gasteiger partial charge < -0.3 is 0 Å². The molecule has 5 nitrogen and oxygen atoms in total. The van der Waals surface area contributed by atoms with Gasteiger partial charge in [0.15, 0.2) is 0 Å². The molecule has 0 atom stereocenters. The molecule has 0 saturated carbocycles. The summed E-state index contributed by atoms with van der Waals surface area (Å²) in [6, 6.07) is 6.67. The van der Waals surface area contributed by atoms with Gasteiger partial charge in [0, 0.05) is 0 Å². The minimum absolute atomic E-state index is 0.223. The molecule has 0 bridgehead atoms. The zero-order valence-electron chi connectivity index (χ0n) is 10.4. The van der Waals surface area contributed by atoms with Crippen LogP contribution >= 0.6 is 0 Å². The van der Waals surface area contributed by atoms with Crippen LogP contribution in [0, 0.1) is 6.92 Å². The number of hydrogen-bond acceptors (Lipinski definition) is 4. The standard InChI is InChI=1S/C12H15N3O2S/c1-3-4-11-9-15(14-13-11)18(16,17)12-7-5-10(2)6-8-12/h5-9H,3-4H2,1-2H3. The Kier molecular flexibility index (Phi) is 3.47. The van der Waals surface area contributed by atoms with E-state index in [1.807, 2.05) is 13.8 Å². The van der Waals surface area contributed by atoms with Crippen LogP contribution in [0.5, 0.6) is 0 Å². The smallest absolute Gasteiger partial charge is 0.199 e. The molecule has 0 aliphatic heterocycles. The lowest BCUT2D eigenvalue weighted by molar-refractivity contribution is 0.577. The highest BCUT2D eigenvalue weighted by Gasteiger charge is 2.18. The Morgan fingerprint density at radius 2 is 1.89 bits per heavy atom. The van der Waals surface area contributed by atoms with Gasteiger partial charge in [0.1, 0.15) is 0 Å². The van der Waals surface area contributed by atoms with Crippen molar-refractivity contribution in [1.82, 2.24) is 14.4 Å². The first-order valence-corrected chi connectivity index (χ1v) is 7.21. The third kappa shape index (κ3) is 2.43. The highest BCUT2D eigenvalue weighted by atomic mass is 32.2. The van der Waals surface area contributed by atoms with Crippen LogP contribution < -0.4 is 0 Å². The summed E-state index contributed by atoms with van der Waals surface area (Å²) in [6.07, 6.45) is 3.10. The van der Waals surface area contributed by atoms with Gasteiger partial charge in [-0.05, 0) is 25.5 Å². The van der Waals surface area contributed by atoms with Crippen molar-refractivity contribution in [1.29, 1.82) is 0 Å². The monoisotopic (exact) mass is 265 g/mol. The summed E-state index contributed by atoms with van der Waals surface area (Å²) in [5.41, 5.74) is 1.70. The highest BCUT2D eigenvalue weighted by Crippen LogP contribution is 2.13. The molecule has 0 unspecified atom stereocenters. The van der Waals surface area contributed by atoms with E-state index in [0.29, 0.717) is 5.69 Å². The van der Waals surface area contributed by atoms with Crippen molar-refractivity contribution < 1.29 is 8.42 Å². The second-order valence-electron chi connectivity index (χ2n) is 4.15. The van der Waals surface area contributed by atoms with E-state index >= 15 is 0 Å². The molecule has 0 amide bonds. The molecule has 1 heterocycles. The van der Waals surface area contributed by atoms with E-state index in [1.165, 1.54) is 6.20 Å². The minimum atomic E-state index is -3.61. The zero-order chi connectivity index (χ0) is 13.2. The Balaban J connectivity index is 2.38. The molecule has 2 rings (SSSR count). The molecule has 6 heteroatoms. The van der Waals surface area contributed by atoms with E-state index in [0.717, 1.165) is 22.5 Å². The fraction of sp³-hybridized carbons (Fsp3) is 0.333. The number of rotatable bonds is 4. The second-order valence-corrected chi connectivity index (χ2v) is 5.95. The zero-order valence-corrected chi connectivity index (χ0v) is 11.2. The fourth-order valence-corrected chi connectivity index (χ4v) is 2.68. The van der Waals surface area contributed by atoms with Crippen molar-refractivity contribution in [2.75, 3.05) is 0 Å². The number of aromatic nitrogens is 3. The van der Waals surface area contributed by atoms with E-state index in [4.69, 9.17) is 0 Å². The summed E-state index contributed by atoms with van der Waals surface area (Å²) in [7, 11) is -3.61. The Morgan fingerprint density at radius 3 is 2.50 bits per heavy atom. The van der Waals surface area contributed by atoms with Gasteiger partial charge in [-0.3, -0.25) is 0 Å². The van der Waals surface area contributed by atoms with Gasteiger partial charge in [-0.15, -0.1) is 9.19 Å². The summed E-state index contributed by atoms with van der Waals surface area (Å²) in [6.45, 7) is 3.92. The van der Waals surface area contributed by atoms with Gasteiger partial charge in [0.05, 0.1) is 16.8 Å². The van der Waals surface area contributed by atoms with E-state index < -0.39 is 10.0 Å². The summed E-state index contributed by atoms with van der Waals surface area (Å²) in [5.74, 6) is 0. The molecule has 0 spiro atoms. The van der Waals surface area contributed by atoms with Crippen molar-refractivity contribution in [3.63, 3.8) is 0 Å². The minimum Gasteiger partial charge on any atom is -0.199 e. The van der Waals surface area contributed by atoms with Crippen LogP contribution in [0.25, 0.3) is 0 Å². The maximum atomic E-state index is 12.2. The van der Waals surface area contributed by atoms with Crippen molar-refractivity contribution in [2.45, 2.75) is 31.6 Å². The molecule has 0 radical (unpaired) electrons. The van der Waals surface area contributed by atoms with Crippen molar-refractivity contribution in [2.24, 2.45) is 0 Å². The van der Waals surface area contributed by atoms with Crippen molar-refractivity contribution in [3.8, 4) is 0 Å². The molecule has 0 N–H and O–H groups in total. The molecule has 1 aromatic heterocycles. The molecular weight excluding hydrogens is 250 g/mol. The van der Waals surface area contributed by atoms with Crippen LogP contribution in [-0.4, -0.2) is 22.8 Å². The van der Waals surface area contributed by atoms with Gasteiger partial charge in [-0.25, -0.2) is 0 Å². The first-order chi connectivity index (χ1) is 8.54. The van der Waals surface area contributed by atoms with Crippen LogP contribution in [0.1, 0.15) is 24.6 Å². The van der Waals surface area contributed by atoms with E-state index in [1.54, 1.807) is 24.3 Å². The third-order valence-corrected chi connectivity index (χ3v) is 4.13. The maximum Gasteiger partial charge on any atom is 0.284 e. The third-order valence-electron chi connectivity index (χ3n) is 2.59. The Hall–Kier alpha value is -1.69. The van der Waals surface area contributed by atoms with Crippen molar-refractivity contribution >= 4 is 10.0 Å². The van der Waals surface area contributed by atoms with Crippen LogP contribution in [0.2, 0.25) is 0 Å². The molecule has 0 fully saturated rings. The predicted octanol–water partition coefficient (Wildman–Crippen LogP) is 1.78. The number of nitrogens with zero attached hydrogens (tertiary/aromatic N) is 3. The topological polar surface area (TPSA) is 64.8 Å². The van der Waals surface area contributed by atoms with Crippen LogP contribution in [0.3, 0.4) is 0 Å². The molecule has 1 aromatic carbocycles. The number of hydrogen-bond donors (Lipinski definition) is 0. The van der Waals surface area contributed by atoms with Gasteiger partial charge in [-0.2, -0.15) is 8.42 Å². The average Bonchev–Trinajstić information content (AvgIpc) is 2.79. The molecule has 18 heavy (non-hydrogen) atoms. The Morgan fingerprint density at radius 1 is 1.22 bits per heavy atom. The first-order valence-electron chi connectivity index (χ1n) is 5.77. The van der Waals surface area contributed by atoms with Gasteiger partial charge in [-0.1, -0.05) is 36.3 Å². The normalized spacial score (nSPS) is 11.7. The van der Waals surface area contributed by atoms with Gasteiger partial charge in [0.2, 0.25) is 0 Å². The molecule has 0 aliphatic rings. The Bertz CT molecular complexity index is 630. The quantitative estimate of drug-likeness (QED) is 0.845. The average molecular weight is 265 g/mol. The first kappa shape index (κ1) is 12.8. The number of benzene rings is 1. The second kappa shape index (κ2) is 4.89. The summed E-state index contributed by atoms with van der Waals surface area (Å²) in [5, 5.41) is 7.53. The largest absolute Gasteiger partial charge is 0.284 e. The summed E-state index contributed by atoms with van der Waals surface area (Å²) < 4.78 is 25.4. The van der Waals surface area contributed by atoms with Crippen LogP contribution in [0.4, 0.5) is 0 Å². The molecule has 2 aromatic rings. The highest BCUT2D eigenvalue weighted by molar-refractivity contribution is 7.89. The lowest BCUT2D eigenvalue weighted by Crippen LogP contribution is -2.13. The Labute approximate surface area is 107 Å². The molecule has 0 saturated heterocycles. The predicted molar refractivity (Wildman–Crippen MR) is 67.8 cm³/mol. The number of aryl methyl sites for hydroxylation is 2. The van der Waals surface area contributed by atoms with Crippen molar-refractivity contribution in [3.05, 3.63) is 41.7 Å². The van der Waals surface area contributed by atoms with E-state index in [2.05, 4.69) is 10.3 Å². The molecule has 0 aliphatic carbocycles. The SMILES string of the molecule is CCCc1cn(S(=O)(=O)c2ccc(C)cc2)nn1. The van der Waals surface area contributed by atoms with E-state index in [-0.39, 0.29) is 4.90 Å². The molecule has 96 valence electrons. The van der Waals surface area contributed by atoms with Gasteiger partial charge >= 0.3 is 0 Å². The molecular formula is C12H15N3O2S. The van der Waals surface area contributed by atoms with Crippen LogP contribution in [0.15, 0.2) is 35.4 Å². The maximum absolute atomic E-state index is 12.2.